The van der Waals surface area contributed by atoms with Gasteiger partial charge in [0.15, 0.2) is 11.9 Å². The van der Waals surface area contributed by atoms with Gasteiger partial charge in [-0.1, -0.05) is 30.3 Å². The molecule has 0 fully saturated rings. The summed E-state index contributed by atoms with van der Waals surface area (Å²) in [6, 6.07) is 14.3. The van der Waals surface area contributed by atoms with E-state index in [0.717, 1.165) is 5.39 Å². The zero-order valence-electron chi connectivity index (χ0n) is 15.4. The summed E-state index contributed by atoms with van der Waals surface area (Å²) in [5.74, 6) is -0.300. The number of nitrogens with one attached hydrogen (secondary N) is 1. The topological polar surface area (TPSA) is 94.4 Å². The lowest BCUT2D eigenvalue weighted by Crippen LogP contribution is -2.17. The number of aromatic amines is 1. The molecule has 0 aliphatic carbocycles. The van der Waals surface area contributed by atoms with Crippen molar-refractivity contribution in [3.05, 3.63) is 76.0 Å². The number of rotatable bonds is 5. The first-order valence-corrected chi connectivity index (χ1v) is 8.77. The van der Waals surface area contributed by atoms with Crippen molar-refractivity contribution in [3.8, 4) is 0 Å². The molecule has 4 rings (SSSR count). The number of aromatic nitrogens is 2. The molecular formula is C21H18N2O5. The molecule has 1 N–H and O–H groups in total. The number of esters is 1. The van der Waals surface area contributed by atoms with Gasteiger partial charge in [0.1, 0.15) is 5.58 Å². The maximum Gasteiger partial charge on any atom is 0.375 e. The molecule has 1 atom stereocenters. The minimum Gasteiger partial charge on any atom is -0.449 e. The number of benzene rings is 2. The molecule has 7 heteroatoms. The molecular weight excluding hydrogens is 360 g/mol. The first-order chi connectivity index (χ1) is 13.6. The molecule has 0 saturated carbocycles. The number of nitrogens with zero attached hydrogens (tertiary/aromatic N) is 1. The van der Waals surface area contributed by atoms with Crippen molar-refractivity contribution >= 4 is 27.8 Å². The number of carbonyl (C=O) groups excluding carboxylic acids is 1. The number of H-pyrrole nitrogens is 1. The van der Waals surface area contributed by atoms with Crippen molar-refractivity contribution < 1.29 is 18.7 Å². The summed E-state index contributed by atoms with van der Waals surface area (Å²) >= 11 is 0. The van der Waals surface area contributed by atoms with Crippen LogP contribution in [-0.2, 0) is 16.1 Å². The first-order valence-electron chi connectivity index (χ1n) is 8.77. The average molecular weight is 378 g/mol. The van der Waals surface area contributed by atoms with Gasteiger partial charge in [-0.05, 0) is 25.1 Å². The number of furan rings is 1. The van der Waals surface area contributed by atoms with Crippen LogP contribution in [0.15, 0.2) is 57.7 Å². The van der Waals surface area contributed by atoms with Crippen LogP contribution in [0.3, 0.4) is 0 Å². The predicted octanol–water partition coefficient (Wildman–Crippen LogP) is 3.73. The molecule has 0 aliphatic rings. The van der Waals surface area contributed by atoms with Crippen LogP contribution in [0.1, 0.15) is 35.0 Å². The minimum atomic E-state index is -0.770. The van der Waals surface area contributed by atoms with E-state index >= 15 is 0 Å². The fourth-order valence-corrected chi connectivity index (χ4v) is 3.12. The highest BCUT2D eigenvalue weighted by molar-refractivity contribution is 5.96. The molecule has 0 saturated heterocycles. The Kier molecular flexibility index (Phi) is 4.67. The van der Waals surface area contributed by atoms with Crippen molar-refractivity contribution in [2.45, 2.75) is 19.6 Å². The van der Waals surface area contributed by atoms with Crippen molar-refractivity contribution in [1.29, 1.82) is 0 Å². The lowest BCUT2D eigenvalue weighted by atomic mass is 10.1. The van der Waals surface area contributed by atoms with Gasteiger partial charge >= 0.3 is 5.97 Å². The number of methoxy groups -OCH3 is 1. The maximum absolute atomic E-state index is 12.8. The van der Waals surface area contributed by atoms with E-state index in [-0.39, 0.29) is 23.8 Å². The van der Waals surface area contributed by atoms with Gasteiger partial charge in [-0.2, -0.15) is 0 Å². The van der Waals surface area contributed by atoms with Gasteiger partial charge in [-0.25, -0.2) is 9.78 Å². The van der Waals surface area contributed by atoms with Gasteiger partial charge in [0, 0.05) is 18.1 Å². The Hall–Kier alpha value is -3.45. The van der Waals surface area contributed by atoms with Crippen molar-refractivity contribution in [2.75, 3.05) is 7.11 Å². The van der Waals surface area contributed by atoms with Crippen LogP contribution in [0.2, 0.25) is 0 Å². The monoisotopic (exact) mass is 378 g/mol. The van der Waals surface area contributed by atoms with Gasteiger partial charge < -0.3 is 18.9 Å². The van der Waals surface area contributed by atoms with E-state index in [9.17, 15) is 9.59 Å². The molecule has 142 valence electrons. The predicted molar refractivity (Wildman–Crippen MR) is 103 cm³/mol. The fourth-order valence-electron chi connectivity index (χ4n) is 3.12. The molecule has 4 aromatic rings. The fraction of sp³-hybridized carbons (Fsp3) is 0.190. The highest BCUT2D eigenvalue weighted by Gasteiger charge is 2.24. The largest absolute Gasteiger partial charge is 0.449 e. The zero-order valence-corrected chi connectivity index (χ0v) is 15.4. The lowest BCUT2D eigenvalue weighted by Gasteiger charge is -2.12. The summed E-state index contributed by atoms with van der Waals surface area (Å²) in [5.41, 5.74) is 1.45. The second-order valence-corrected chi connectivity index (χ2v) is 6.35. The van der Waals surface area contributed by atoms with Crippen LogP contribution in [0, 0.1) is 0 Å². The summed E-state index contributed by atoms with van der Waals surface area (Å²) in [5, 5.41) is 1.27. The normalized spacial score (nSPS) is 12.4. The molecule has 28 heavy (non-hydrogen) atoms. The highest BCUT2D eigenvalue weighted by Crippen LogP contribution is 2.28. The molecule has 7 nitrogen and oxygen atoms in total. The van der Waals surface area contributed by atoms with E-state index < -0.39 is 12.1 Å². The summed E-state index contributed by atoms with van der Waals surface area (Å²) in [7, 11) is 1.54. The van der Waals surface area contributed by atoms with E-state index in [1.807, 2.05) is 18.2 Å². The van der Waals surface area contributed by atoms with Gasteiger partial charge in [-0.15, -0.1) is 0 Å². The van der Waals surface area contributed by atoms with Crippen LogP contribution in [0.25, 0.3) is 21.9 Å². The number of para-hydroxylation sites is 2. The van der Waals surface area contributed by atoms with E-state index in [1.165, 1.54) is 0 Å². The second kappa shape index (κ2) is 7.28. The van der Waals surface area contributed by atoms with E-state index in [2.05, 4.69) is 9.97 Å². The molecule has 0 amide bonds. The minimum absolute atomic E-state index is 0.0815. The molecule has 0 spiro atoms. The van der Waals surface area contributed by atoms with E-state index in [4.69, 9.17) is 13.9 Å². The van der Waals surface area contributed by atoms with Crippen LogP contribution in [-0.4, -0.2) is 23.0 Å². The van der Waals surface area contributed by atoms with Crippen molar-refractivity contribution in [3.63, 3.8) is 0 Å². The summed E-state index contributed by atoms with van der Waals surface area (Å²) < 4.78 is 16.4. The number of fused-ring (bicyclic) bond motifs is 2. The van der Waals surface area contributed by atoms with E-state index in [0.29, 0.717) is 22.0 Å². The maximum atomic E-state index is 12.8. The number of hydrogen-bond donors (Lipinski definition) is 1. The van der Waals surface area contributed by atoms with E-state index in [1.54, 1.807) is 44.4 Å². The summed E-state index contributed by atoms with van der Waals surface area (Å²) in [6.07, 6.45) is -0.770. The Morgan fingerprint density at radius 1 is 1.14 bits per heavy atom. The molecule has 2 aromatic heterocycles. The third-order valence-electron chi connectivity index (χ3n) is 4.47. The van der Waals surface area contributed by atoms with Crippen molar-refractivity contribution in [2.24, 2.45) is 0 Å². The Morgan fingerprint density at radius 2 is 1.86 bits per heavy atom. The van der Waals surface area contributed by atoms with Crippen LogP contribution in [0.5, 0.6) is 0 Å². The average Bonchev–Trinajstić information content (AvgIpc) is 3.07. The van der Waals surface area contributed by atoms with Gasteiger partial charge in [0.25, 0.3) is 5.56 Å². The van der Waals surface area contributed by atoms with Gasteiger partial charge in [-0.3, -0.25) is 4.79 Å². The highest BCUT2D eigenvalue weighted by atomic mass is 16.6. The summed E-state index contributed by atoms with van der Waals surface area (Å²) in [6.45, 7) is 1.85. The quantitative estimate of drug-likeness (QED) is 0.532. The van der Waals surface area contributed by atoms with Crippen LogP contribution < -0.4 is 5.56 Å². The molecule has 0 unspecified atom stereocenters. The molecule has 0 radical (unpaired) electrons. The SMILES string of the molecule is COCc1c(C(=O)O[C@@H](C)c2nc3ccccc3c(=O)[nH]2)oc2ccccc12. The molecule has 0 bridgehead atoms. The molecule has 2 aromatic carbocycles. The second-order valence-electron chi connectivity index (χ2n) is 6.35. The number of ether oxygens (including phenoxy) is 2. The van der Waals surface area contributed by atoms with Crippen LogP contribution >= 0.6 is 0 Å². The third kappa shape index (κ3) is 3.16. The first kappa shape index (κ1) is 17.9. The number of hydrogen-bond acceptors (Lipinski definition) is 6. The molecule has 0 aliphatic heterocycles. The summed E-state index contributed by atoms with van der Waals surface area (Å²) in [4.78, 5) is 32.1. The lowest BCUT2D eigenvalue weighted by molar-refractivity contribution is 0.0280. The number of carbonyl (C=O) groups is 1. The van der Waals surface area contributed by atoms with Crippen molar-refractivity contribution in [1.82, 2.24) is 9.97 Å². The van der Waals surface area contributed by atoms with Gasteiger partial charge in [0.2, 0.25) is 5.76 Å². The Bertz CT molecular complexity index is 1220. The Morgan fingerprint density at radius 3 is 2.64 bits per heavy atom. The Labute approximate surface area is 159 Å². The zero-order chi connectivity index (χ0) is 19.7. The third-order valence-corrected chi connectivity index (χ3v) is 4.47. The van der Waals surface area contributed by atoms with Crippen LogP contribution in [0.4, 0.5) is 0 Å². The van der Waals surface area contributed by atoms with Gasteiger partial charge in [0.05, 0.1) is 17.5 Å². The molecule has 2 heterocycles. The smallest absolute Gasteiger partial charge is 0.375 e. The Balaban J connectivity index is 1.66. The standard InChI is InChI=1S/C21H18N2O5/c1-12(19-22-16-9-5-3-8-14(16)20(24)23-19)27-21(25)18-15(11-26-2)13-7-4-6-10-17(13)28-18/h3-10,12H,11H2,1-2H3,(H,22,23,24)/t12-/m0/s1.